The van der Waals surface area contributed by atoms with Crippen molar-refractivity contribution in [2.75, 3.05) is 13.1 Å². The Bertz CT molecular complexity index is 411. The van der Waals surface area contributed by atoms with Crippen molar-refractivity contribution in [3.05, 3.63) is 0 Å². The Labute approximate surface area is 132 Å². The molecule has 1 rings (SSSR count). The molecule has 0 aromatic rings. The van der Waals surface area contributed by atoms with E-state index in [0.717, 1.165) is 12.8 Å². The number of piperidine rings is 1. The van der Waals surface area contributed by atoms with Gasteiger partial charge in [-0.3, -0.25) is 9.59 Å². The lowest BCUT2D eigenvalue weighted by molar-refractivity contribution is -0.145. The number of carbonyl (C=O) groups excluding carboxylic acids is 2. The summed E-state index contributed by atoms with van der Waals surface area (Å²) in [6.45, 7) is 6.76. The predicted molar refractivity (Wildman–Crippen MR) is 83.2 cm³/mol. The second-order valence-corrected chi connectivity index (χ2v) is 6.14. The summed E-state index contributed by atoms with van der Waals surface area (Å²) in [4.78, 5) is 37.3. The van der Waals surface area contributed by atoms with E-state index in [-0.39, 0.29) is 23.7 Å². The Morgan fingerprint density at radius 3 is 2.55 bits per heavy atom. The van der Waals surface area contributed by atoms with Gasteiger partial charge in [0, 0.05) is 19.5 Å². The molecular weight excluding hydrogens is 284 g/mol. The molecule has 2 N–H and O–H groups in total. The molecule has 6 nitrogen and oxygen atoms in total. The quantitative estimate of drug-likeness (QED) is 0.748. The minimum absolute atomic E-state index is 0.0803. The first-order valence-corrected chi connectivity index (χ1v) is 8.21. The van der Waals surface area contributed by atoms with Gasteiger partial charge in [-0.05, 0) is 25.2 Å². The van der Waals surface area contributed by atoms with Gasteiger partial charge in [-0.15, -0.1) is 0 Å². The van der Waals surface area contributed by atoms with Crippen LogP contribution in [0.1, 0.15) is 52.9 Å². The molecule has 22 heavy (non-hydrogen) atoms. The van der Waals surface area contributed by atoms with Crippen LogP contribution in [0.25, 0.3) is 0 Å². The second kappa shape index (κ2) is 8.76. The number of rotatable bonds is 7. The molecule has 0 aromatic carbocycles. The van der Waals surface area contributed by atoms with Crippen molar-refractivity contribution < 1.29 is 19.5 Å². The molecule has 1 fully saturated rings. The van der Waals surface area contributed by atoms with E-state index in [1.165, 1.54) is 0 Å². The van der Waals surface area contributed by atoms with E-state index in [1.807, 2.05) is 20.8 Å². The molecule has 0 radical (unpaired) electrons. The molecule has 0 saturated carbocycles. The molecule has 1 aliphatic rings. The molecule has 1 aliphatic heterocycles. The van der Waals surface area contributed by atoms with Crippen molar-refractivity contribution in [3.8, 4) is 0 Å². The zero-order chi connectivity index (χ0) is 16.7. The van der Waals surface area contributed by atoms with Crippen molar-refractivity contribution >= 4 is 17.8 Å². The smallest absolute Gasteiger partial charge is 0.326 e. The van der Waals surface area contributed by atoms with Gasteiger partial charge in [0.15, 0.2) is 0 Å². The summed E-state index contributed by atoms with van der Waals surface area (Å²) >= 11 is 0. The molecule has 0 aliphatic carbocycles. The Morgan fingerprint density at radius 2 is 2.00 bits per heavy atom. The fourth-order valence-corrected chi connectivity index (χ4v) is 2.74. The summed E-state index contributed by atoms with van der Waals surface area (Å²) in [6, 6.07) is -0.862. The minimum atomic E-state index is -1.00. The average Bonchev–Trinajstić information content (AvgIpc) is 2.51. The molecule has 1 saturated heterocycles. The number of carboxylic acids is 1. The molecule has 126 valence electrons. The van der Waals surface area contributed by atoms with Crippen molar-refractivity contribution in [1.82, 2.24) is 10.2 Å². The monoisotopic (exact) mass is 312 g/mol. The third-order valence-electron chi connectivity index (χ3n) is 4.39. The summed E-state index contributed by atoms with van der Waals surface area (Å²) in [5.41, 5.74) is 0. The summed E-state index contributed by atoms with van der Waals surface area (Å²) < 4.78 is 0. The number of carbonyl (C=O) groups is 3. The maximum Gasteiger partial charge on any atom is 0.326 e. The van der Waals surface area contributed by atoms with E-state index in [0.29, 0.717) is 32.4 Å². The lowest BCUT2D eigenvalue weighted by atomic mass is 9.94. The number of carboxylic acid groups (broad SMARTS) is 1. The van der Waals surface area contributed by atoms with Crippen molar-refractivity contribution in [2.45, 2.75) is 58.9 Å². The summed E-state index contributed by atoms with van der Waals surface area (Å²) in [5.74, 6) is -1.60. The zero-order valence-corrected chi connectivity index (χ0v) is 13.8. The Kier molecular flexibility index (Phi) is 7.35. The van der Waals surface area contributed by atoms with Gasteiger partial charge in [-0.25, -0.2) is 4.79 Å². The van der Waals surface area contributed by atoms with Crippen molar-refractivity contribution in [1.29, 1.82) is 0 Å². The van der Waals surface area contributed by atoms with Crippen LogP contribution in [0, 0.1) is 11.8 Å². The maximum absolute atomic E-state index is 12.3. The van der Waals surface area contributed by atoms with Crippen LogP contribution in [-0.2, 0) is 14.4 Å². The second-order valence-electron chi connectivity index (χ2n) is 6.14. The highest BCUT2D eigenvalue weighted by Gasteiger charge is 2.32. The van der Waals surface area contributed by atoms with Crippen molar-refractivity contribution in [2.24, 2.45) is 11.8 Å². The number of nitrogens with zero attached hydrogens (tertiary/aromatic N) is 1. The van der Waals surface area contributed by atoms with Gasteiger partial charge in [-0.1, -0.05) is 27.2 Å². The normalized spacial score (nSPS) is 21.0. The molecule has 6 heteroatoms. The van der Waals surface area contributed by atoms with Gasteiger partial charge in [0.25, 0.3) is 0 Å². The Morgan fingerprint density at radius 1 is 1.32 bits per heavy atom. The minimum Gasteiger partial charge on any atom is -0.480 e. The van der Waals surface area contributed by atoms with E-state index in [1.54, 1.807) is 4.90 Å². The fourth-order valence-electron chi connectivity index (χ4n) is 2.74. The Hall–Kier alpha value is -1.59. The summed E-state index contributed by atoms with van der Waals surface area (Å²) in [6.07, 6.45) is 3.46. The lowest BCUT2D eigenvalue weighted by Crippen LogP contribution is -2.51. The van der Waals surface area contributed by atoms with Gasteiger partial charge in [0.2, 0.25) is 11.8 Å². The largest absolute Gasteiger partial charge is 0.480 e. The SMILES string of the molecule is CCCC(=O)N1CCCC(C(=O)N[C@H](C(=O)O)[C@@H](C)CC)C1. The number of nitrogens with one attached hydrogen (secondary N) is 1. The molecule has 1 unspecified atom stereocenters. The highest BCUT2D eigenvalue weighted by molar-refractivity contribution is 5.86. The number of hydrogen-bond donors (Lipinski definition) is 2. The number of likely N-dealkylation sites (tertiary alicyclic amines) is 1. The molecule has 3 atom stereocenters. The van der Waals surface area contributed by atoms with E-state index >= 15 is 0 Å². The number of amides is 2. The molecule has 2 amide bonds. The van der Waals surface area contributed by atoms with Crippen LogP contribution in [0.3, 0.4) is 0 Å². The molecular formula is C16H28N2O4. The average molecular weight is 312 g/mol. The number of hydrogen-bond acceptors (Lipinski definition) is 3. The van der Waals surface area contributed by atoms with Crippen LogP contribution in [0.5, 0.6) is 0 Å². The topological polar surface area (TPSA) is 86.7 Å². The van der Waals surface area contributed by atoms with E-state index in [9.17, 15) is 19.5 Å². The molecule has 1 heterocycles. The highest BCUT2D eigenvalue weighted by atomic mass is 16.4. The maximum atomic E-state index is 12.3. The first-order chi connectivity index (χ1) is 10.4. The van der Waals surface area contributed by atoms with Gasteiger partial charge < -0.3 is 15.3 Å². The molecule has 0 aromatic heterocycles. The van der Waals surface area contributed by atoms with Crippen LogP contribution in [0.2, 0.25) is 0 Å². The van der Waals surface area contributed by atoms with Crippen LogP contribution < -0.4 is 5.32 Å². The summed E-state index contributed by atoms with van der Waals surface area (Å²) in [7, 11) is 0. The van der Waals surface area contributed by atoms with Gasteiger partial charge in [0.05, 0.1) is 5.92 Å². The fraction of sp³-hybridized carbons (Fsp3) is 0.812. The van der Waals surface area contributed by atoms with Gasteiger partial charge >= 0.3 is 5.97 Å². The van der Waals surface area contributed by atoms with Crippen LogP contribution in [0.4, 0.5) is 0 Å². The van der Waals surface area contributed by atoms with Gasteiger partial charge in [-0.2, -0.15) is 0 Å². The zero-order valence-electron chi connectivity index (χ0n) is 13.8. The predicted octanol–water partition coefficient (Wildman–Crippen LogP) is 1.64. The van der Waals surface area contributed by atoms with Crippen molar-refractivity contribution in [3.63, 3.8) is 0 Å². The van der Waals surface area contributed by atoms with E-state index in [4.69, 9.17) is 0 Å². The summed E-state index contributed by atoms with van der Waals surface area (Å²) in [5, 5.41) is 11.9. The van der Waals surface area contributed by atoms with E-state index < -0.39 is 12.0 Å². The first-order valence-electron chi connectivity index (χ1n) is 8.21. The van der Waals surface area contributed by atoms with E-state index in [2.05, 4.69) is 5.32 Å². The molecule has 0 bridgehead atoms. The third-order valence-corrected chi connectivity index (χ3v) is 4.39. The van der Waals surface area contributed by atoms with Crippen LogP contribution in [-0.4, -0.2) is 46.9 Å². The standard InChI is InChI=1S/C16H28N2O4/c1-4-7-13(19)18-9-6-8-12(10-18)15(20)17-14(16(21)22)11(3)5-2/h11-12,14H,4-10H2,1-3H3,(H,17,20)(H,21,22)/t11-,12?,14-/m0/s1. The van der Waals surface area contributed by atoms with Gasteiger partial charge in [0.1, 0.15) is 6.04 Å². The number of aliphatic carboxylic acids is 1. The first kappa shape index (κ1) is 18.5. The van der Waals surface area contributed by atoms with Crippen LogP contribution in [0.15, 0.2) is 0 Å². The van der Waals surface area contributed by atoms with Crippen LogP contribution >= 0.6 is 0 Å². The highest BCUT2D eigenvalue weighted by Crippen LogP contribution is 2.19. The Balaban J connectivity index is 2.64. The lowest BCUT2D eigenvalue weighted by Gasteiger charge is -2.33. The molecule has 0 spiro atoms. The third kappa shape index (κ3) is 5.00.